The predicted octanol–water partition coefficient (Wildman–Crippen LogP) is 1.72. The Kier molecular flexibility index (Phi) is 4.59. The molecule has 0 spiro atoms. The van der Waals surface area contributed by atoms with Gasteiger partial charge in [-0.05, 0) is 25.7 Å². The maximum Gasteiger partial charge on any atom is 0.222 e. The van der Waals surface area contributed by atoms with E-state index >= 15 is 0 Å². The molecule has 6 nitrogen and oxygen atoms in total. The van der Waals surface area contributed by atoms with Gasteiger partial charge >= 0.3 is 0 Å². The minimum atomic E-state index is 0.327. The average molecular weight is 330 g/mol. The zero-order valence-corrected chi connectivity index (χ0v) is 14.5. The molecular formula is C18H30N6. The molecule has 1 aromatic heterocycles. The Hall–Kier alpha value is -1.40. The van der Waals surface area contributed by atoms with Crippen molar-refractivity contribution in [2.45, 2.75) is 62.9 Å². The van der Waals surface area contributed by atoms with Crippen LogP contribution in [0.4, 0.5) is 11.8 Å². The third-order valence-electron chi connectivity index (χ3n) is 6.07. The number of piperazine rings is 1. The Balaban J connectivity index is 1.40. The standard InChI is InChI=1S/C18H30N6/c19-14-10-13(11-14)16-12-17(22-18(20)21-16)24-8-6-23(7-9-24)15-4-2-1-3-5-15/h12-15H,1-11,19H2,(H2,20,21,22). The van der Waals surface area contributed by atoms with Crippen LogP contribution < -0.4 is 16.4 Å². The number of anilines is 2. The smallest absolute Gasteiger partial charge is 0.222 e. The van der Waals surface area contributed by atoms with Gasteiger partial charge in [0, 0.05) is 50.2 Å². The first-order valence-corrected chi connectivity index (χ1v) is 9.58. The summed E-state index contributed by atoms with van der Waals surface area (Å²) in [5, 5.41) is 0. The number of hydrogen-bond donors (Lipinski definition) is 2. The van der Waals surface area contributed by atoms with Crippen LogP contribution in [0.1, 0.15) is 56.6 Å². The van der Waals surface area contributed by atoms with E-state index in [2.05, 4.69) is 25.8 Å². The van der Waals surface area contributed by atoms with Crippen molar-refractivity contribution < 1.29 is 0 Å². The lowest BCUT2D eigenvalue weighted by Crippen LogP contribution is -2.51. The molecular weight excluding hydrogens is 300 g/mol. The molecule has 4 rings (SSSR count). The van der Waals surface area contributed by atoms with Crippen LogP contribution in [0.3, 0.4) is 0 Å². The monoisotopic (exact) mass is 330 g/mol. The molecule has 24 heavy (non-hydrogen) atoms. The summed E-state index contributed by atoms with van der Waals surface area (Å²) in [7, 11) is 0. The molecule has 0 atom stereocenters. The molecule has 0 radical (unpaired) electrons. The van der Waals surface area contributed by atoms with Crippen LogP contribution in [-0.2, 0) is 0 Å². The van der Waals surface area contributed by atoms with Gasteiger partial charge in [-0.3, -0.25) is 4.90 Å². The van der Waals surface area contributed by atoms with E-state index in [4.69, 9.17) is 11.5 Å². The fraction of sp³-hybridized carbons (Fsp3) is 0.778. The molecule has 0 amide bonds. The summed E-state index contributed by atoms with van der Waals surface area (Å²) in [5.74, 6) is 1.87. The Bertz CT molecular complexity index is 557. The van der Waals surface area contributed by atoms with Crippen molar-refractivity contribution in [3.05, 3.63) is 11.8 Å². The van der Waals surface area contributed by atoms with E-state index in [1.807, 2.05) is 0 Å². The number of nitrogens with zero attached hydrogens (tertiary/aromatic N) is 4. The summed E-state index contributed by atoms with van der Waals surface area (Å²) in [4.78, 5) is 14.0. The van der Waals surface area contributed by atoms with Gasteiger partial charge in [-0.15, -0.1) is 0 Å². The fourth-order valence-electron chi connectivity index (χ4n) is 4.51. The number of hydrogen-bond acceptors (Lipinski definition) is 6. The van der Waals surface area contributed by atoms with Crippen LogP contribution >= 0.6 is 0 Å². The lowest BCUT2D eigenvalue weighted by molar-refractivity contribution is 0.147. The first kappa shape index (κ1) is 16.1. The summed E-state index contributed by atoms with van der Waals surface area (Å²) >= 11 is 0. The van der Waals surface area contributed by atoms with E-state index in [0.717, 1.165) is 56.6 Å². The maximum absolute atomic E-state index is 5.97. The van der Waals surface area contributed by atoms with Crippen LogP contribution in [0, 0.1) is 0 Å². The highest BCUT2D eigenvalue weighted by atomic mass is 15.3. The van der Waals surface area contributed by atoms with E-state index in [0.29, 0.717) is 17.9 Å². The minimum absolute atomic E-state index is 0.327. The molecule has 0 unspecified atom stereocenters. The van der Waals surface area contributed by atoms with E-state index in [9.17, 15) is 0 Å². The minimum Gasteiger partial charge on any atom is -0.368 e. The summed E-state index contributed by atoms with van der Waals surface area (Å²) in [6, 6.07) is 3.28. The van der Waals surface area contributed by atoms with E-state index < -0.39 is 0 Å². The lowest BCUT2D eigenvalue weighted by atomic mass is 9.78. The molecule has 6 heteroatoms. The normalized spacial score (nSPS) is 29.5. The van der Waals surface area contributed by atoms with Crippen LogP contribution in [-0.4, -0.2) is 53.1 Å². The van der Waals surface area contributed by atoms with Gasteiger partial charge in [0.05, 0.1) is 5.69 Å². The molecule has 1 aliphatic heterocycles. The van der Waals surface area contributed by atoms with Crippen molar-refractivity contribution in [2.24, 2.45) is 5.73 Å². The first-order valence-electron chi connectivity index (χ1n) is 9.58. The number of rotatable bonds is 3. The van der Waals surface area contributed by atoms with Gasteiger partial charge in [-0.2, -0.15) is 4.98 Å². The lowest BCUT2D eigenvalue weighted by Gasteiger charge is -2.41. The van der Waals surface area contributed by atoms with Crippen molar-refractivity contribution in [3.63, 3.8) is 0 Å². The molecule has 0 bridgehead atoms. The summed E-state index contributed by atoms with van der Waals surface area (Å²) < 4.78 is 0. The Morgan fingerprint density at radius 2 is 1.67 bits per heavy atom. The molecule has 2 saturated carbocycles. The second kappa shape index (κ2) is 6.84. The van der Waals surface area contributed by atoms with Gasteiger partial charge in [0.25, 0.3) is 0 Å². The largest absolute Gasteiger partial charge is 0.368 e. The van der Waals surface area contributed by atoms with Gasteiger partial charge in [0.1, 0.15) is 5.82 Å². The molecule has 3 fully saturated rings. The zero-order valence-electron chi connectivity index (χ0n) is 14.5. The van der Waals surface area contributed by atoms with Gasteiger partial charge in [-0.25, -0.2) is 4.98 Å². The number of nitrogen functional groups attached to an aromatic ring is 1. The van der Waals surface area contributed by atoms with Gasteiger partial charge < -0.3 is 16.4 Å². The van der Waals surface area contributed by atoms with Crippen molar-refractivity contribution >= 4 is 11.8 Å². The first-order chi connectivity index (χ1) is 11.7. The summed E-state index contributed by atoms with van der Waals surface area (Å²) in [6.07, 6.45) is 9.03. The highest BCUT2D eigenvalue weighted by molar-refractivity contribution is 5.45. The molecule has 2 aliphatic carbocycles. The molecule has 1 aromatic rings. The molecule has 132 valence electrons. The van der Waals surface area contributed by atoms with Gasteiger partial charge in [0.2, 0.25) is 5.95 Å². The van der Waals surface area contributed by atoms with Crippen molar-refractivity contribution in [1.82, 2.24) is 14.9 Å². The van der Waals surface area contributed by atoms with Crippen molar-refractivity contribution in [2.75, 3.05) is 36.8 Å². The Morgan fingerprint density at radius 1 is 0.958 bits per heavy atom. The van der Waals surface area contributed by atoms with E-state index in [-0.39, 0.29) is 0 Å². The van der Waals surface area contributed by atoms with Gasteiger partial charge in [-0.1, -0.05) is 19.3 Å². The number of aromatic nitrogens is 2. The second-order valence-corrected chi connectivity index (χ2v) is 7.75. The zero-order chi connectivity index (χ0) is 16.5. The summed E-state index contributed by atoms with van der Waals surface area (Å²) in [5.41, 5.74) is 13.0. The van der Waals surface area contributed by atoms with Crippen molar-refractivity contribution in [1.29, 1.82) is 0 Å². The SMILES string of the molecule is Nc1nc(C2CC(N)C2)cc(N2CCN(C3CCCCC3)CC2)n1. The van der Waals surface area contributed by atoms with E-state index in [1.54, 1.807) is 0 Å². The third-order valence-corrected chi connectivity index (χ3v) is 6.07. The third kappa shape index (κ3) is 3.35. The fourth-order valence-corrected chi connectivity index (χ4v) is 4.51. The topological polar surface area (TPSA) is 84.3 Å². The van der Waals surface area contributed by atoms with Crippen LogP contribution in [0.2, 0.25) is 0 Å². The molecule has 1 saturated heterocycles. The molecule has 2 heterocycles. The molecule has 4 N–H and O–H groups in total. The van der Waals surface area contributed by atoms with Gasteiger partial charge in [0.15, 0.2) is 0 Å². The van der Waals surface area contributed by atoms with Crippen LogP contribution in [0.15, 0.2) is 6.07 Å². The molecule has 0 aromatic carbocycles. The van der Waals surface area contributed by atoms with E-state index in [1.165, 1.54) is 32.1 Å². The second-order valence-electron chi connectivity index (χ2n) is 7.75. The quantitative estimate of drug-likeness (QED) is 0.878. The molecule has 3 aliphatic rings. The maximum atomic E-state index is 5.97. The highest BCUT2D eigenvalue weighted by Gasteiger charge is 2.30. The van der Waals surface area contributed by atoms with Crippen LogP contribution in [0.25, 0.3) is 0 Å². The van der Waals surface area contributed by atoms with Crippen molar-refractivity contribution in [3.8, 4) is 0 Å². The summed E-state index contributed by atoms with van der Waals surface area (Å²) in [6.45, 7) is 4.35. The Labute approximate surface area is 144 Å². The highest BCUT2D eigenvalue weighted by Crippen LogP contribution is 2.36. The predicted molar refractivity (Wildman–Crippen MR) is 97.1 cm³/mol. The Morgan fingerprint density at radius 3 is 2.33 bits per heavy atom. The average Bonchev–Trinajstić information content (AvgIpc) is 2.59. The van der Waals surface area contributed by atoms with Crippen LogP contribution in [0.5, 0.6) is 0 Å². The number of nitrogens with two attached hydrogens (primary N) is 2.